The van der Waals surface area contributed by atoms with Gasteiger partial charge in [-0.3, -0.25) is 9.69 Å². The first kappa shape index (κ1) is 21.6. The van der Waals surface area contributed by atoms with Crippen LogP contribution < -0.4 is 10.1 Å². The fourth-order valence-electron chi connectivity index (χ4n) is 3.46. The smallest absolute Gasteiger partial charge is 0.238 e. The molecule has 0 radical (unpaired) electrons. The highest BCUT2D eigenvalue weighted by Crippen LogP contribution is 2.21. The van der Waals surface area contributed by atoms with Crippen LogP contribution in [0, 0.1) is 13.8 Å². The predicted octanol–water partition coefficient (Wildman–Crippen LogP) is 3.98. The molecule has 156 valence electrons. The first-order chi connectivity index (χ1) is 14.0. The van der Waals surface area contributed by atoms with Crippen molar-refractivity contribution in [3.05, 3.63) is 58.6 Å². The first-order valence-electron chi connectivity index (χ1n) is 10.2. The van der Waals surface area contributed by atoms with Crippen molar-refractivity contribution in [2.24, 2.45) is 0 Å². The van der Waals surface area contributed by atoms with Crippen LogP contribution in [0.25, 0.3) is 0 Å². The number of carbonyl (C=O) groups is 1. The molecule has 0 aliphatic carbocycles. The summed E-state index contributed by atoms with van der Waals surface area (Å²) in [6, 6.07) is 13.6. The number of nitrogens with one attached hydrogen (secondary N) is 1. The van der Waals surface area contributed by atoms with Gasteiger partial charge >= 0.3 is 0 Å². The van der Waals surface area contributed by atoms with E-state index in [4.69, 9.17) is 16.3 Å². The molecule has 5 nitrogen and oxygen atoms in total. The van der Waals surface area contributed by atoms with E-state index in [2.05, 4.69) is 47.2 Å². The second-order valence-electron chi connectivity index (χ2n) is 7.62. The number of para-hydroxylation sites is 1. The summed E-state index contributed by atoms with van der Waals surface area (Å²) in [5.41, 5.74) is 3.07. The third-order valence-corrected chi connectivity index (χ3v) is 5.53. The van der Waals surface area contributed by atoms with Gasteiger partial charge in [0.15, 0.2) is 0 Å². The van der Waals surface area contributed by atoms with E-state index in [1.165, 1.54) is 11.1 Å². The van der Waals surface area contributed by atoms with E-state index in [0.717, 1.165) is 51.5 Å². The number of halogens is 1. The average molecular weight is 416 g/mol. The standard InChI is InChI=1S/C23H30ClN3O2/c1-18-8-9-19(2)22(16-18)29-15-5-10-26-11-13-27(14-12-26)17-23(28)25-21-7-4-3-6-20(21)24/h3-4,6-9,16H,5,10-15,17H2,1-2H3,(H,25,28). The largest absolute Gasteiger partial charge is 0.493 e. The highest BCUT2D eigenvalue weighted by Gasteiger charge is 2.19. The molecule has 0 saturated carbocycles. The first-order valence-corrected chi connectivity index (χ1v) is 10.6. The van der Waals surface area contributed by atoms with Gasteiger partial charge in [0, 0.05) is 32.7 Å². The molecule has 0 aromatic heterocycles. The van der Waals surface area contributed by atoms with Crippen LogP contribution in [-0.2, 0) is 4.79 Å². The Morgan fingerprint density at radius 3 is 2.55 bits per heavy atom. The van der Waals surface area contributed by atoms with Gasteiger partial charge in [-0.05, 0) is 49.6 Å². The van der Waals surface area contributed by atoms with Crippen LogP contribution in [0.3, 0.4) is 0 Å². The lowest BCUT2D eigenvalue weighted by atomic mass is 10.1. The maximum atomic E-state index is 12.3. The third-order valence-electron chi connectivity index (χ3n) is 5.20. The Morgan fingerprint density at radius 2 is 1.79 bits per heavy atom. The van der Waals surface area contributed by atoms with Gasteiger partial charge in [0.2, 0.25) is 5.91 Å². The van der Waals surface area contributed by atoms with Crippen molar-refractivity contribution in [2.45, 2.75) is 20.3 Å². The van der Waals surface area contributed by atoms with Crippen LogP contribution >= 0.6 is 11.6 Å². The Bertz CT molecular complexity index is 820. The molecule has 1 N–H and O–H groups in total. The lowest BCUT2D eigenvalue weighted by Gasteiger charge is -2.34. The summed E-state index contributed by atoms with van der Waals surface area (Å²) in [6.45, 7) is 10.0. The van der Waals surface area contributed by atoms with Gasteiger partial charge in [-0.15, -0.1) is 0 Å². The summed E-state index contributed by atoms with van der Waals surface area (Å²) >= 11 is 6.10. The molecule has 1 aliphatic heterocycles. The van der Waals surface area contributed by atoms with Gasteiger partial charge in [0.05, 0.1) is 23.9 Å². The number of benzene rings is 2. The van der Waals surface area contributed by atoms with E-state index < -0.39 is 0 Å². The molecule has 0 atom stereocenters. The van der Waals surface area contributed by atoms with Gasteiger partial charge in [-0.25, -0.2) is 0 Å². The van der Waals surface area contributed by atoms with Crippen molar-refractivity contribution in [2.75, 3.05) is 51.2 Å². The minimum Gasteiger partial charge on any atom is -0.493 e. The number of anilines is 1. The molecular formula is C23H30ClN3O2. The highest BCUT2D eigenvalue weighted by atomic mass is 35.5. The maximum absolute atomic E-state index is 12.3. The zero-order chi connectivity index (χ0) is 20.6. The van der Waals surface area contributed by atoms with E-state index in [1.54, 1.807) is 6.07 Å². The fourth-order valence-corrected chi connectivity index (χ4v) is 3.64. The van der Waals surface area contributed by atoms with Crippen molar-refractivity contribution in [3.63, 3.8) is 0 Å². The molecule has 0 unspecified atom stereocenters. The minimum atomic E-state index is -0.0199. The highest BCUT2D eigenvalue weighted by molar-refractivity contribution is 6.33. The van der Waals surface area contributed by atoms with Gasteiger partial charge in [-0.1, -0.05) is 35.9 Å². The van der Waals surface area contributed by atoms with Crippen LogP contribution in [-0.4, -0.2) is 61.6 Å². The number of rotatable bonds is 8. The second kappa shape index (κ2) is 10.6. The topological polar surface area (TPSA) is 44.8 Å². The number of carbonyl (C=O) groups excluding carboxylic acids is 1. The summed E-state index contributed by atoms with van der Waals surface area (Å²) in [4.78, 5) is 16.9. The number of nitrogens with zero attached hydrogens (tertiary/aromatic N) is 2. The SMILES string of the molecule is Cc1ccc(C)c(OCCCN2CCN(CC(=O)Nc3ccccc3Cl)CC2)c1. The molecule has 2 aromatic rings. The molecule has 1 amide bonds. The third kappa shape index (κ3) is 6.74. The Balaban J connectivity index is 1.32. The van der Waals surface area contributed by atoms with Crippen molar-refractivity contribution in [3.8, 4) is 5.75 Å². The van der Waals surface area contributed by atoms with E-state index in [0.29, 0.717) is 17.3 Å². The monoisotopic (exact) mass is 415 g/mol. The Labute approximate surface area is 178 Å². The van der Waals surface area contributed by atoms with Crippen LogP contribution in [0.5, 0.6) is 5.75 Å². The van der Waals surface area contributed by atoms with Crippen LogP contribution in [0.2, 0.25) is 5.02 Å². The average Bonchev–Trinajstić information content (AvgIpc) is 2.71. The van der Waals surface area contributed by atoms with E-state index in [9.17, 15) is 4.79 Å². The van der Waals surface area contributed by atoms with Crippen molar-refractivity contribution >= 4 is 23.2 Å². The minimum absolute atomic E-state index is 0.0199. The molecule has 2 aromatic carbocycles. The molecule has 0 spiro atoms. The van der Waals surface area contributed by atoms with Crippen LogP contribution in [0.15, 0.2) is 42.5 Å². The second-order valence-corrected chi connectivity index (χ2v) is 8.02. The number of hydrogen-bond donors (Lipinski definition) is 1. The molecule has 1 fully saturated rings. The molecule has 3 rings (SSSR count). The number of aryl methyl sites for hydroxylation is 2. The van der Waals surface area contributed by atoms with Crippen LogP contribution in [0.1, 0.15) is 17.5 Å². The number of amides is 1. The molecule has 1 saturated heterocycles. The van der Waals surface area contributed by atoms with Crippen LogP contribution in [0.4, 0.5) is 5.69 Å². The molecule has 29 heavy (non-hydrogen) atoms. The summed E-state index contributed by atoms with van der Waals surface area (Å²) < 4.78 is 5.95. The quantitative estimate of drug-likeness (QED) is 0.662. The molecule has 6 heteroatoms. The van der Waals surface area contributed by atoms with E-state index >= 15 is 0 Å². The summed E-state index contributed by atoms with van der Waals surface area (Å²) in [5, 5.41) is 3.46. The Morgan fingerprint density at radius 1 is 1.07 bits per heavy atom. The van der Waals surface area contributed by atoms with Gasteiger partial charge in [0.1, 0.15) is 5.75 Å². The maximum Gasteiger partial charge on any atom is 0.238 e. The summed E-state index contributed by atoms with van der Waals surface area (Å²) in [7, 11) is 0. The normalized spacial score (nSPS) is 15.3. The molecule has 1 aliphatic rings. The van der Waals surface area contributed by atoms with Crippen molar-refractivity contribution < 1.29 is 9.53 Å². The van der Waals surface area contributed by atoms with Crippen molar-refractivity contribution in [1.82, 2.24) is 9.80 Å². The molecule has 1 heterocycles. The van der Waals surface area contributed by atoms with Gasteiger partial charge < -0.3 is 15.0 Å². The summed E-state index contributed by atoms with van der Waals surface area (Å²) in [5.74, 6) is 0.966. The number of ether oxygens (including phenoxy) is 1. The Hall–Kier alpha value is -2.08. The summed E-state index contributed by atoms with van der Waals surface area (Å²) in [6.07, 6.45) is 1.00. The zero-order valence-electron chi connectivity index (χ0n) is 17.3. The predicted molar refractivity (Wildman–Crippen MR) is 119 cm³/mol. The number of hydrogen-bond acceptors (Lipinski definition) is 4. The fraction of sp³-hybridized carbons (Fsp3) is 0.435. The zero-order valence-corrected chi connectivity index (χ0v) is 18.0. The van der Waals surface area contributed by atoms with Crippen molar-refractivity contribution in [1.29, 1.82) is 0 Å². The molecular weight excluding hydrogens is 386 g/mol. The Kier molecular flexibility index (Phi) is 7.92. The van der Waals surface area contributed by atoms with E-state index in [1.807, 2.05) is 18.2 Å². The lowest BCUT2D eigenvalue weighted by molar-refractivity contribution is -0.117. The lowest BCUT2D eigenvalue weighted by Crippen LogP contribution is -2.48. The van der Waals surface area contributed by atoms with Gasteiger partial charge in [-0.2, -0.15) is 0 Å². The van der Waals surface area contributed by atoms with Gasteiger partial charge in [0.25, 0.3) is 0 Å². The van der Waals surface area contributed by atoms with E-state index in [-0.39, 0.29) is 5.91 Å². The number of piperazine rings is 1. The molecule has 0 bridgehead atoms.